The Kier molecular flexibility index (Phi) is 4.80. The molecule has 0 bridgehead atoms. The third-order valence-corrected chi connectivity index (χ3v) is 3.58. The van der Waals surface area contributed by atoms with E-state index in [4.69, 9.17) is 15.6 Å². The van der Waals surface area contributed by atoms with E-state index in [9.17, 15) is 9.59 Å². The molecule has 1 saturated heterocycles. The Bertz CT molecular complexity index is 506. The van der Waals surface area contributed by atoms with Crippen molar-refractivity contribution in [2.45, 2.75) is 31.4 Å². The number of likely N-dealkylation sites (tertiary alicyclic amines) is 1. The smallest absolute Gasteiger partial charge is 0.410 e. The molecule has 1 atom stereocenters. The summed E-state index contributed by atoms with van der Waals surface area (Å²) in [5.41, 5.74) is 6.11. The van der Waals surface area contributed by atoms with Gasteiger partial charge in [-0.1, -0.05) is 30.3 Å². The second-order valence-corrected chi connectivity index (χ2v) is 5.50. The van der Waals surface area contributed by atoms with Crippen LogP contribution < -0.4 is 5.73 Å². The van der Waals surface area contributed by atoms with Gasteiger partial charge in [0.1, 0.15) is 6.61 Å². The average Bonchev–Trinajstić information content (AvgIpc) is 2.44. The Hall–Kier alpha value is -2.08. The molecule has 1 heterocycles. The summed E-state index contributed by atoms with van der Waals surface area (Å²) in [5, 5.41) is 8.89. The predicted octanol–water partition coefficient (Wildman–Crippen LogP) is 1.59. The summed E-state index contributed by atoms with van der Waals surface area (Å²) in [7, 11) is 0. The van der Waals surface area contributed by atoms with Crippen LogP contribution in [0.3, 0.4) is 0 Å². The van der Waals surface area contributed by atoms with Gasteiger partial charge in [0, 0.05) is 18.6 Å². The number of piperidine rings is 1. The van der Waals surface area contributed by atoms with Gasteiger partial charge in [-0.2, -0.15) is 0 Å². The van der Waals surface area contributed by atoms with Gasteiger partial charge in [-0.05, 0) is 18.4 Å². The number of aliphatic carboxylic acids is 1. The lowest BCUT2D eigenvalue weighted by molar-refractivity contribution is -0.138. The van der Waals surface area contributed by atoms with Crippen molar-refractivity contribution in [2.75, 3.05) is 13.1 Å². The number of carbonyl (C=O) groups is 2. The molecule has 1 amide bonds. The largest absolute Gasteiger partial charge is 0.481 e. The first-order valence-corrected chi connectivity index (χ1v) is 6.95. The van der Waals surface area contributed by atoms with E-state index in [0.717, 1.165) is 5.56 Å². The van der Waals surface area contributed by atoms with Gasteiger partial charge in [-0.25, -0.2) is 4.79 Å². The Labute approximate surface area is 123 Å². The van der Waals surface area contributed by atoms with E-state index in [1.165, 1.54) is 4.90 Å². The van der Waals surface area contributed by atoms with Gasteiger partial charge in [-0.15, -0.1) is 0 Å². The van der Waals surface area contributed by atoms with Gasteiger partial charge in [-0.3, -0.25) is 4.79 Å². The van der Waals surface area contributed by atoms with E-state index in [-0.39, 0.29) is 19.6 Å². The van der Waals surface area contributed by atoms with E-state index in [2.05, 4.69) is 0 Å². The molecule has 1 fully saturated rings. The predicted molar refractivity (Wildman–Crippen MR) is 76.6 cm³/mol. The molecule has 1 aliphatic heterocycles. The van der Waals surface area contributed by atoms with Gasteiger partial charge in [0.15, 0.2) is 0 Å². The minimum Gasteiger partial charge on any atom is -0.481 e. The zero-order valence-corrected chi connectivity index (χ0v) is 11.8. The van der Waals surface area contributed by atoms with E-state index in [0.29, 0.717) is 19.4 Å². The Morgan fingerprint density at radius 2 is 2.05 bits per heavy atom. The monoisotopic (exact) mass is 292 g/mol. The van der Waals surface area contributed by atoms with Crippen LogP contribution in [-0.2, 0) is 16.1 Å². The van der Waals surface area contributed by atoms with Crippen LogP contribution in [0.2, 0.25) is 0 Å². The van der Waals surface area contributed by atoms with Gasteiger partial charge in [0.25, 0.3) is 0 Å². The fourth-order valence-electron chi connectivity index (χ4n) is 2.57. The minimum absolute atomic E-state index is 0.143. The molecule has 1 unspecified atom stereocenters. The van der Waals surface area contributed by atoms with Crippen molar-refractivity contribution in [3.8, 4) is 0 Å². The molecule has 114 valence electrons. The lowest BCUT2D eigenvalue weighted by Crippen LogP contribution is -2.56. The van der Waals surface area contributed by atoms with E-state index in [1.54, 1.807) is 0 Å². The number of carboxylic acid groups (broad SMARTS) is 1. The van der Waals surface area contributed by atoms with Gasteiger partial charge < -0.3 is 20.5 Å². The summed E-state index contributed by atoms with van der Waals surface area (Å²) in [6.45, 7) is 0.964. The van der Waals surface area contributed by atoms with Crippen LogP contribution in [0.1, 0.15) is 24.8 Å². The maximum absolute atomic E-state index is 12.0. The van der Waals surface area contributed by atoms with Gasteiger partial charge in [0.05, 0.1) is 6.42 Å². The summed E-state index contributed by atoms with van der Waals surface area (Å²) in [6.07, 6.45) is 0.695. The molecule has 0 aliphatic carbocycles. The molecule has 1 aromatic carbocycles. The SMILES string of the molecule is NC1(CC(=O)O)CCCN(C(=O)OCc2ccccc2)C1. The molecule has 0 spiro atoms. The third kappa shape index (κ3) is 4.46. The Balaban J connectivity index is 1.88. The molecule has 1 aliphatic rings. The Morgan fingerprint density at radius 1 is 1.33 bits per heavy atom. The summed E-state index contributed by atoms with van der Waals surface area (Å²) in [4.78, 5) is 24.4. The van der Waals surface area contributed by atoms with Crippen molar-refractivity contribution in [3.05, 3.63) is 35.9 Å². The van der Waals surface area contributed by atoms with Crippen molar-refractivity contribution in [1.29, 1.82) is 0 Å². The number of nitrogens with zero attached hydrogens (tertiary/aromatic N) is 1. The van der Waals surface area contributed by atoms with Crippen molar-refractivity contribution in [3.63, 3.8) is 0 Å². The highest BCUT2D eigenvalue weighted by molar-refractivity contribution is 5.70. The van der Waals surface area contributed by atoms with Crippen molar-refractivity contribution in [1.82, 2.24) is 4.90 Å². The standard InChI is InChI=1S/C15H20N2O4/c16-15(9-13(18)19)7-4-8-17(11-15)14(20)21-10-12-5-2-1-3-6-12/h1-3,5-6H,4,7-11,16H2,(H,18,19). The first-order valence-electron chi connectivity index (χ1n) is 6.95. The summed E-state index contributed by atoms with van der Waals surface area (Å²) in [6, 6.07) is 9.40. The quantitative estimate of drug-likeness (QED) is 0.879. The van der Waals surface area contributed by atoms with Crippen LogP contribution in [0.4, 0.5) is 4.79 Å². The number of benzene rings is 1. The molecule has 21 heavy (non-hydrogen) atoms. The summed E-state index contributed by atoms with van der Waals surface area (Å²) < 4.78 is 5.25. The number of rotatable bonds is 4. The van der Waals surface area contributed by atoms with Gasteiger partial charge in [0.2, 0.25) is 0 Å². The Morgan fingerprint density at radius 3 is 2.71 bits per heavy atom. The zero-order chi connectivity index (χ0) is 15.3. The highest BCUT2D eigenvalue weighted by Gasteiger charge is 2.36. The zero-order valence-electron chi connectivity index (χ0n) is 11.8. The molecule has 3 N–H and O–H groups in total. The number of carboxylic acids is 1. The first-order chi connectivity index (χ1) is 9.98. The van der Waals surface area contributed by atoms with Crippen molar-refractivity contribution >= 4 is 12.1 Å². The van der Waals surface area contributed by atoms with Crippen LogP contribution in [0.15, 0.2) is 30.3 Å². The topological polar surface area (TPSA) is 92.9 Å². The fourth-order valence-corrected chi connectivity index (χ4v) is 2.57. The second-order valence-electron chi connectivity index (χ2n) is 5.50. The van der Waals surface area contributed by atoms with Crippen LogP contribution in [0.25, 0.3) is 0 Å². The number of carbonyl (C=O) groups excluding carboxylic acids is 1. The number of ether oxygens (including phenoxy) is 1. The van der Waals surface area contributed by atoms with Crippen molar-refractivity contribution < 1.29 is 19.4 Å². The second kappa shape index (κ2) is 6.58. The van der Waals surface area contributed by atoms with E-state index < -0.39 is 17.6 Å². The summed E-state index contributed by atoms with van der Waals surface area (Å²) in [5.74, 6) is -0.947. The maximum atomic E-state index is 12.0. The normalized spacial score (nSPS) is 21.9. The van der Waals surface area contributed by atoms with E-state index >= 15 is 0 Å². The van der Waals surface area contributed by atoms with Gasteiger partial charge >= 0.3 is 12.1 Å². The highest BCUT2D eigenvalue weighted by atomic mass is 16.6. The number of nitrogens with two attached hydrogens (primary N) is 1. The first kappa shape index (κ1) is 15.3. The minimum atomic E-state index is -0.947. The van der Waals surface area contributed by atoms with Crippen LogP contribution in [-0.4, -0.2) is 40.7 Å². The molecular formula is C15H20N2O4. The molecule has 1 aromatic rings. The number of hydrogen-bond acceptors (Lipinski definition) is 4. The number of amides is 1. The van der Waals surface area contributed by atoms with Crippen LogP contribution in [0.5, 0.6) is 0 Å². The molecule has 0 saturated carbocycles. The maximum Gasteiger partial charge on any atom is 0.410 e. The molecule has 0 radical (unpaired) electrons. The molecular weight excluding hydrogens is 272 g/mol. The molecule has 2 rings (SSSR count). The molecule has 6 nitrogen and oxygen atoms in total. The van der Waals surface area contributed by atoms with E-state index in [1.807, 2.05) is 30.3 Å². The number of hydrogen-bond donors (Lipinski definition) is 2. The average molecular weight is 292 g/mol. The van der Waals surface area contributed by atoms with Crippen molar-refractivity contribution in [2.24, 2.45) is 5.73 Å². The summed E-state index contributed by atoms with van der Waals surface area (Å²) >= 11 is 0. The molecule has 0 aromatic heterocycles. The fraction of sp³-hybridized carbons (Fsp3) is 0.467. The van der Waals surface area contributed by atoms with Crippen LogP contribution in [0, 0.1) is 0 Å². The lowest BCUT2D eigenvalue weighted by Gasteiger charge is -2.38. The lowest BCUT2D eigenvalue weighted by atomic mass is 9.87. The highest BCUT2D eigenvalue weighted by Crippen LogP contribution is 2.22. The third-order valence-electron chi connectivity index (χ3n) is 3.58. The molecule has 6 heteroatoms. The van der Waals surface area contributed by atoms with Crippen LogP contribution >= 0.6 is 0 Å².